The molecule has 1 heterocycles. The van der Waals surface area contributed by atoms with Crippen molar-refractivity contribution < 1.29 is 9.47 Å². The highest BCUT2D eigenvalue weighted by atomic mass is 16.5. The highest BCUT2D eigenvalue weighted by Gasteiger charge is 2.10. The summed E-state index contributed by atoms with van der Waals surface area (Å²) in [7, 11) is 1.73. The summed E-state index contributed by atoms with van der Waals surface area (Å²) in [6, 6.07) is 8.26. The van der Waals surface area contributed by atoms with E-state index in [1.54, 1.807) is 7.05 Å². The average molecular weight is 274 g/mol. The summed E-state index contributed by atoms with van der Waals surface area (Å²) in [5, 5.41) is 2.86. The van der Waals surface area contributed by atoms with Crippen LogP contribution in [0.1, 0.15) is 19.4 Å². The quantitative estimate of drug-likeness (QED) is 0.873. The number of para-hydroxylation sites is 1. The Hall–Kier alpha value is -2.37. The Kier molecular flexibility index (Phi) is 4.70. The SMILES string of the molecule is CCOc1nc(NC)nc(Oc2ccccc2CC)n1. The number of hydrogen-bond acceptors (Lipinski definition) is 6. The first-order valence-electron chi connectivity index (χ1n) is 6.59. The van der Waals surface area contributed by atoms with Gasteiger partial charge in [0.15, 0.2) is 0 Å². The molecule has 0 spiro atoms. The van der Waals surface area contributed by atoms with Gasteiger partial charge in [-0.05, 0) is 25.0 Å². The smallest absolute Gasteiger partial charge is 0.330 e. The van der Waals surface area contributed by atoms with Crippen LogP contribution in [-0.4, -0.2) is 28.6 Å². The average Bonchev–Trinajstić information content (AvgIpc) is 2.48. The number of rotatable bonds is 6. The Morgan fingerprint density at radius 1 is 1.05 bits per heavy atom. The lowest BCUT2D eigenvalue weighted by atomic mass is 10.1. The minimum Gasteiger partial charge on any atom is -0.464 e. The van der Waals surface area contributed by atoms with Gasteiger partial charge in [0.1, 0.15) is 5.75 Å². The summed E-state index contributed by atoms with van der Waals surface area (Å²) in [5.74, 6) is 1.15. The van der Waals surface area contributed by atoms with E-state index in [1.807, 2.05) is 31.2 Å². The Bertz CT molecular complexity index is 575. The first-order valence-corrected chi connectivity index (χ1v) is 6.59. The van der Waals surface area contributed by atoms with E-state index in [0.29, 0.717) is 12.6 Å². The third-order valence-corrected chi connectivity index (χ3v) is 2.65. The molecule has 20 heavy (non-hydrogen) atoms. The van der Waals surface area contributed by atoms with Crippen molar-refractivity contribution in [3.63, 3.8) is 0 Å². The molecule has 2 aromatic rings. The molecule has 1 aromatic heterocycles. The molecule has 0 radical (unpaired) electrons. The van der Waals surface area contributed by atoms with Crippen molar-refractivity contribution in [2.75, 3.05) is 19.0 Å². The number of ether oxygens (including phenoxy) is 2. The van der Waals surface area contributed by atoms with Gasteiger partial charge in [-0.1, -0.05) is 25.1 Å². The predicted molar refractivity (Wildman–Crippen MR) is 76.4 cm³/mol. The van der Waals surface area contributed by atoms with Gasteiger partial charge in [0, 0.05) is 7.05 Å². The summed E-state index contributed by atoms with van der Waals surface area (Å²) in [5.41, 5.74) is 1.09. The van der Waals surface area contributed by atoms with Crippen LogP contribution in [0.15, 0.2) is 24.3 Å². The number of benzene rings is 1. The van der Waals surface area contributed by atoms with E-state index in [2.05, 4.69) is 27.2 Å². The van der Waals surface area contributed by atoms with E-state index in [0.717, 1.165) is 17.7 Å². The monoisotopic (exact) mass is 274 g/mol. The van der Waals surface area contributed by atoms with Gasteiger partial charge in [0.25, 0.3) is 0 Å². The molecule has 0 amide bonds. The molecule has 0 aliphatic carbocycles. The van der Waals surface area contributed by atoms with Crippen LogP contribution in [-0.2, 0) is 6.42 Å². The van der Waals surface area contributed by atoms with Crippen molar-refractivity contribution >= 4 is 5.95 Å². The van der Waals surface area contributed by atoms with Crippen molar-refractivity contribution in [3.8, 4) is 17.8 Å². The molecule has 0 saturated carbocycles. The summed E-state index contributed by atoms with van der Waals surface area (Å²) >= 11 is 0. The summed E-state index contributed by atoms with van der Waals surface area (Å²) < 4.78 is 11.0. The molecule has 0 aliphatic rings. The lowest BCUT2D eigenvalue weighted by Gasteiger charge is -2.10. The second kappa shape index (κ2) is 6.70. The maximum atomic E-state index is 5.75. The van der Waals surface area contributed by atoms with Gasteiger partial charge in [0.05, 0.1) is 6.61 Å². The van der Waals surface area contributed by atoms with E-state index >= 15 is 0 Å². The molecular weight excluding hydrogens is 256 g/mol. The first kappa shape index (κ1) is 14.0. The standard InChI is InChI=1S/C14H18N4O2/c1-4-10-8-6-7-9-11(10)20-14-17-12(15-3)16-13(18-14)19-5-2/h6-9H,4-5H2,1-3H3,(H,15,16,17,18). The molecular formula is C14H18N4O2. The molecule has 2 rings (SSSR count). The zero-order chi connectivity index (χ0) is 14.4. The van der Waals surface area contributed by atoms with Gasteiger partial charge in [0.2, 0.25) is 5.95 Å². The summed E-state index contributed by atoms with van der Waals surface area (Å²) in [6.07, 6.45) is 0.873. The molecule has 0 saturated heterocycles. The molecule has 0 fully saturated rings. The van der Waals surface area contributed by atoms with Crippen LogP contribution in [0, 0.1) is 0 Å². The molecule has 6 heteroatoms. The maximum Gasteiger partial charge on any atom is 0.330 e. The first-order chi connectivity index (χ1) is 9.76. The second-order valence-electron chi connectivity index (χ2n) is 3.97. The van der Waals surface area contributed by atoms with Crippen LogP contribution in [0.4, 0.5) is 5.95 Å². The highest BCUT2D eigenvalue weighted by Crippen LogP contribution is 2.24. The Morgan fingerprint density at radius 3 is 2.50 bits per heavy atom. The number of nitrogens with zero attached hydrogens (tertiary/aromatic N) is 3. The third-order valence-electron chi connectivity index (χ3n) is 2.65. The fourth-order valence-electron chi connectivity index (χ4n) is 1.68. The number of hydrogen-bond donors (Lipinski definition) is 1. The molecule has 1 N–H and O–H groups in total. The fraction of sp³-hybridized carbons (Fsp3) is 0.357. The van der Waals surface area contributed by atoms with Crippen molar-refractivity contribution in [2.24, 2.45) is 0 Å². The molecule has 1 aromatic carbocycles. The van der Waals surface area contributed by atoms with Crippen molar-refractivity contribution in [1.29, 1.82) is 0 Å². The minimum atomic E-state index is 0.216. The molecule has 0 atom stereocenters. The highest BCUT2D eigenvalue weighted by molar-refractivity contribution is 5.36. The van der Waals surface area contributed by atoms with Gasteiger partial charge >= 0.3 is 12.0 Å². The van der Waals surface area contributed by atoms with E-state index in [-0.39, 0.29) is 12.0 Å². The predicted octanol–water partition coefficient (Wildman–Crippen LogP) is 2.67. The summed E-state index contributed by atoms with van der Waals surface area (Å²) in [4.78, 5) is 12.4. The van der Waals surface area contributed by atoms with E-state index < -0.39 is 0 Å². The van der Waals surface area contributed by atoms with E-state index in [4.69, 9.17) is 9.47 Å². The maximum absolute atomic E-state index is 5.75. The van der Waals surface area contributed by atoms with E-state index in [9.17, 15) is 0 Å². The normalized spacial score (nSPS) is 10.2. The van der Waals surface area contributed by atoms with Crippen molar-refractivity contribution in [3.05, 3.63) is 29.8 Å². The Labute approximate surface area is 118 Å². The van der Waals surface area contributed by atoms with Gasteiger partial charge in [-0.3, -0.25) is 0 Å². The van der Waals surface area contributed by atoms with Crippen LogP contribution in [0.2, 0.25) is 0 Å². The fourth-order valence-corrected chi connectivity index (χ4v) is 1.68. The largest absolute Gasteiger partial charge is 0.464 e. The van der Waals surface area contributed by atoms with Gasteiger partial charge in [-0.2, -0.15) is 9.97 Å². The Balaban J connectivity index is 2.30. The lowest BCUT2D eigenvalue weighted by molar-refractivity contribution is 0.303. The van der Waals surface area contributed by atoms with Crippen molar-refractivity contribution in [2.45, 2.75) is 20.3 Å². The zero-order valence-corrected chi connectivity index (χ0v) is 11.9. The Morgan fingerprint density at radius 2 is 1.80 bits per heavy atom. The van der Waals surface area contributed by atoms with Crippen LogP contribution in [0.25, 0.3) is 0 Å². The number of aromatic nitrogens is 3. The van der Waals surface area contributed by atoms with Gasteiger partial charge in [-0.15, -0.1) is 4.98 Å². The number of nitrogens with one attached hydrogen (secondary N) is 1. The molecule has 0 aliphatic heterocycles. The van der Waals surface area contributed by atoms with Crippen LogP contribution in [0.5, 0.6) is 17.8 Å². The third kappa shape index (κ3) is 3.34. The van der Waals surface area contributed by atoms with E-state index in [1.165, 1.54) is 0 Å². The zero-order valence-electron chi connectivity index (χ0n) is 11.9. The van der Waals surface area contributed by atoms with Gasteiger partial charge < -0.3 is 14.8 Å². The lowest BCUT2D eigenvalue weighted by Crippen LogP contribution is -2.05. The van der Waals surface area contributed by atoms with Gasteiger partial charge in [-0.25, -0.2) is 0 Å². The van der Waals surface area contributed by atoms with Crippen molar-refractivity contribution in [1.82, 2.24) is 15.0 Å². The molecule has 6 nitrogen and oxygen atoms in total. The summed E-state index contributed by atoms with van der Waals surface area (Å²) in [6.45, 7) is 4.42. The van der Waals surface area contributed by atoms with Crippen LogP contribution < -0.4 is 14.8 Å². The minimum absolute atomic E-state index is 0.216. The molecule has 0 bridgehead atoms. The molecule has 106 valence electrons. The second-order valence-corrected chi connectivity index (χ2v) is 3.97. The van der Waals surface area contributed by atoms with Crippen LogP contribution in [0.3, 0.4) is 0 Å². The number of aryl methyl sites for hydroxylation is 1. The molecule has 0 unspecified atom stereocenters. The van der Waals surface area contributed by atoms with Crippen LogP contribution >= 0.6 is 0 Å². The topological polar surface area (TPSA) is 69.2 Å². The number of anilines is 1.